The molecule has 27 heavy (non-hydrogen) atoms. The van der Waals surface area contributed by atoms with Crippen LogP contribution in [0.3, 0.4) is 0 Å². The fourth-order valence-corrected chi connectivity index (χ4v) is 2.30. The van der Waals surface area contributed by atoms with Crippen LogP contribution in [0.4, 0.5) is 0 Å². The second kappa shape index (κ2) is 12.5. The SMILES string of the molecule is CC(C)NCCOC(C)(OCCNC(=O)CCCC(=O)C(C)C)C(C)(C)C. The molecule has 0 radical (unpaired) electrons. The van der Waals surface area contributed by atoms with E-state index in [9.17, 15) is 9.59 Å². The van der Waals surface area contributed by atoms with Gasteiger partial charge in [-0.25, -0.2) is 0 Å². The number of carbonyl (C=O) groups excluding carboxylic acids is 2. The molecule has 0 saturated heterocycles. The van der Waals surface area contributed by atoms with Crippen LogP contribution in [-0.2, 0) is 19.1 Å². The van der Waals surface area contributed by atoms with Crippen molar-refractivity contribution in [1.29, 1.82) is 0 Å². The summed E-state index contributed by atoms with van der Waals surface area (Å²) in [5, 5.41) is 6.17. The molecular weight excluding hydrogens is 344 g/mol. The largest absolute Gasteiger partial charge is 0.354 e. The number of ketones is 1. The van der Waals surface area contributed by atoms with Gasteiger partial charge in [0.15, 0.2) is 5.79 Å². The van der Waals surface area contributed by atoms with Gasteiger partial charge < -0.3 is 20.1 Å². The molecule has 0 aromatic rings. The van der Waals surface area contributed by atoms with E-state index in [0.717, 1.165) is 6.54 Å². The summed E-state index contributed by atoms with van der Waals surface area (Å²) in [7, 11) is 0. The number of ether oxygens (including phenoxy) is 2. The average molecular weight is 387 g/mol. The minimum absolute atomic E-state index is 0.0345. The van der Waals surface area contributed by atoms with E-state index in [1.165, 1.54) is 0 Å². The highest BCUT2D eigenvalue weighted by Gasteiger charge is 2.39. The van der Waals surface area contributed by atoms with E-state index in [-0.39, 0.29) is 23.0 Å². The molecule has 1 amide bonds. The summed E-state index contributed by atoms with van der Waals surface area (Å²) in [6.07, 6.45) is 1.42. The fraction of sp³-hybridized carbons (Fsp3) is 0.905. The number of carbonyl (C=O) groups is 2. The molecule has 1 atom stereocenters. The van der Waals surface area contributed by atoms with E-state index in [1.54, 1.807) is 0 Å². The molecule has 0 rings (SSSR count). The smallest absolute Gasteiger partial charge is 0.220 e. The van der Waals surface area contributed by atoms with E-state index in [2.05, 4.69) is 45.3 Å². The second-order valence-corrected chi connectivity index (χ2v) is 8.83. The normalized spacial score (nSPS) is 14.4. The molecule has 6 heteroatoms. The molecule has 0 aliphatic heterocycles. The number of rotatable bonds is 14. The summed E-state index contributed by atoms with van der Waals surface area (Å²) >= 11 is 0. The van der Waals surface area contributed by atoms with Gasteiger partial charge in [-0.2, -0.15) is 0 Å². The highest BCUT2D eigenvalue weighted by Crippen LogP contribution is 2.34. The summed E-state index contributed by atoms with van der Waals surface area (Å²) in [5.74, 6) is -0.543. The number of hydrogen-bond donors (Lipinski definition) is 2. The van der Waals surface area contributed by atoms with Crippen LogP contribution in [0.2, 0.25) is 0 Å². The zero-order valence-electron chi connectivity index (χ0n) is 18.7. The first kappa shape index (κ1) is 26.0. The quantitative estimate of drug-likeness (QED) is 0.354. The first-order chi connectivity index (χ1) is 12.4. The fourth-order valence-electron chi connectivity index (χ4n) is 2.30. The Morgan fingerprint density at radius 1 is 0.889 bits per heavy atom. The molecule has 0 aliphatic carbocycles. The van der Waals surface area contributed by atoms with Crippen molar-refractivity contribution in [2.24, 2.45) is 11.3 Å². The maximum Gasteiger partial charge on any atom is 0.220 e. The van der Waals surface area contributed by atoms with E-state index in [4.69, 9.17) is 9.47 Å². The summed E-state index contributed by atoms with van der Waals surface area (Å²) in [5.41, 5.74) is -0.202. The van der Waals surface area contributed by atoms with Crippen LogP contribution in [0.25, 0.3) is 0 Å². The Morgan fingerprint density at radius 3 is 1.93 bits per heavy atom. The summed E-state index contributed by atoms with van der Waals surface area (Å²) in [6, 6.07) is 0.418. The molecule has 2 N–H and O–H groups in total. The molecule has 0 saturated carbocycles. The lowest BCUT2D eigenvalue weighted by atomic mass is 9.86. The van der Waals surface area contributed by atoms with Crippen molar-refractivity contribution in [3.8, 4) is 0 Å². The first-order valence-electron chi connectivity index (χ1n) is 10.2. The minimum Gasteiger partial charge on any atom is -0.354 e. The lowest BCUT2D eigenvalue weighted by molar-refractivity contribution is -0.276. The third-order valence-electron chi connectivity index (χ3n) is 4.67. The van der Waals surface area contributed by atoms with Crippen molar-refractivity contribution in [2.75, 3.05) is 26.3 Å². The van der Waals surface area contributed by atoms with E-state index in [1.807, 2.05) is 20.8 Å². The van der Waals surface area contributed by atoms with E-state index >= 15 is 0 Å². The van der Waals surface area contributed by atoms with Crippen molar-refractivity contribution in [3.63, 3.8) is 0 Å². The highest BCUT2D eigenvalue weighted by molar-refractivity contribution is 5.81. The van der Waals surface area contributed by atoms with Crippen LogP contribution in [0.5, 0.6) is 0 Å². The Labute approximate surface area is 166 Å². The topological polar surface area (TPSA) is 76.7 Å². The van der Waals surface area contributed by atoms with Gasteiger partial charge >= 0.3 is 0 Å². The number of hydrogen-bond acceptors (Lipinski definition) is 5. The van der Waals surface area contributed by atoms with Crippen LogP contribution in [0.15, 0.2) is 0 Å². The second-order valence-electron chi connectivity index (χ2n) is 8.83. The van der Waals surface area contributed by atoms with Crippen LogP contribution in [0.1, 0.15) is 74.7 Å². The monoisotopic (exact) mass is 386 g/mol. The number of nitrogens with one attached hydrogen (secondary N) is 2. The molecule has 0 aromatic heterocycles. The summed E-state index contributed by atoms with van der Waals surface area (Å²) < 4.78 is 12.0. The lowest BCUT2D eigenvalue weighted by Gasteiger charge is -2.41. The van der Waals surface area contributed by atoms with Gasteiger partial charge in [0.2, 0.25) is 5.91 Å². The lowest BCUT2D eigenvalue weighted by Crippen LogP contribution is -2.47. The Kier molecular flexibility index (Phi) is 12.0. The van der Waals surface area contributed by atoms with Gasteiger partial charge in [0.1, 0.15) is 5.78 Å². The Bertz CT molecular complexity index is 444. The van der Waals surface area contributed by atoms with Crippen molar-refractivity contribution in [3.05, 3.63) is 0 Å². The van der Waals surface area contributed by atoms with Crippen LogP contribution >= 0.6 is 0 Å². The first-order valence-corrected chi connectivity index (χ1v) is 10.2. The molecule has 0 spiro atoms. The van der Waals surface area contributed by atoms with Gasteiger partial charge in [0, 0.05) is 43.3 Å². The predicted molar refractivity (Wildman–Crippen MR) is 110 cm³/mol. The van der Waals surface area contributed by atoms with Gasteiger partial charge in [0.05, 0.1) is 13.2 Å². The molecule has 1 unspecified atom stereocenters. The third kappa shape index (κ3) is 11.5. The van der Waals surface area contributed by atoms with Crippen LogP contribution in [-0.4, -0.2) is 49.8 Å². The van der Waals surface area contributed by atoms with Gasteiger partial charge in [-0.3, -0.25) is 9.59 Å². The van der Waals surface area contributed by atoms with Gasteiger partial charge in [-0.1, -0.05) is 48.5 Å². The van der Waals surface area contributed by atoms with Crippen molar-refractivity contribution in [1.82, 2.24) is 10.6 Å². The molecule has 0 fully saturated rings. The van der Waals surface area contributed by atoms with Gasteiger partial charge in [-0.05, 0) is 13.3 Å². The number of Topliss-reactive ketones (excluding diaryl/α,β-unsaturated/α-hetero) is 1. The van der Waals surface area contributed by atoms with E-state index < -0.39 is 5.79 Å². The third-order valence-corrected chi connectivity index (χ3v) is 4.67. The zero-order valence-corrected chi connectivity index (χ0v) is 18.7. The zero-order chi connectivity index (χ0) is 21.1. The molecule has 0 heterocycles. The Hall–Kier alpha value is -0.980. The molecular formula is C21H42N2O4. The van der Waals surface area contributed by atoms with Crippen molar-refractivity contribution >= 4 is 11.7 Å². The maximum atomic E-state index is 11.9. The Balaban J connectivity index is 4.18. The summed E-state index contributed by atoms with van der Waals surface area (Å²) in [6.45, 7) is 18.3. The summed E-state index contributed by atoms with van der Waals surface area (Å²) in [4.78, 5) is 23.4. The minimum atomic E-state index is -0.736. The maximum absolute atomic E-state index is 11.9. The van der Waals surface area contributed by atoms with Gasteiger partial charge in [-0.15, -0.1) is 0 Å². The Morgan fingerprint density at radius 2 is 1.44 bits per heavy atom. The number of amides is 1. The van der Waals surface area contributed by atoms with Crippen molar-refractivity contribution < 1.29 is 19.1 Å². The van der Waals surface area contributed by atoms with Crippen molar-refractivity contribution in [2.45, 2.75) is 86.5 Å². The standard InChI is InChI=1S/C21H42N2O4/c1-16(2)18(24)10-9-11-19(25)23-13-15-27-21(8,20(5,6)7)26-14-12-22-17(3)4/h16-17,22H,9-15H2,1-8H3,(H,23,25). The average Bonchev–Trinajstić information content (AvgIpc) is 2.54. The molecule has 0 bridgehead atoms. The highest BCUT2D eigenvalue weighted by atomic mass is 16.7. The van der Waals surface area contributed by atoms with Crippen LogP contribution in [0, 0.1) is 11.3 Å². The van der Waals surface area contributed by atoms with Gasteiger partial charge in [0.25, 0.3) is 0 Å². The molecule has 160 valence electrons. The van der Waals surface area contributed by atoms with Crippen LogP contribution < -0.4 is 10.6 Å². The predicted octanol–water partition coefficient (Wildman–Crippen LogP) is 3.29. The molecule has 0 aliphatic rings. The molecule has 6 nitrogen and oxygen atoms in total. The molecule has 0 aromatic carbocycles. The van der Waals surface area contributed by atoms with E-state index in [0.29, 0.717) is 45.1 Å².